The number of benzene rings is 1. The molecule has 0 amide bonds. The van der Waals surface area contributed by atoms with E-state index in [0.717, 1.165) is 0 Å². The van der Waals surface area contributed by atoms with E-state index in [4.69, 9.17) is 15.2 Å². The summed E-state index contributed by atoms with van der Waals surface area (Å²) in [5.74, 6) is 0.711. The summed E-state index contributed by atoms with van der Waals surface area (Å²) in [4.78, 5) is 0. The van der Waals surface area contributed by atoms with Gasteiger partial charge in [0.25, 0.3) is 0 Å². The summed E-state index contributed by atoms with van der Waals surface area (Å²) in [5, 5.41) is 17.3. The third-order valence-corrected chi connectivity index (χ3v) is 1.38. The number of anilines is 1. The van der Waals surface area contributed by atoms with Crippen LogP contribution in [0.2, 0.25) is 0 Å². The second-order valence-electron chi connectivity index (χ2n) is 2.22. The van der Waals surface area contributed by atoms with E-state index >= 15 is 0 Å². The van der Waals surface area contributed by atoms with Crippen molar-refractivity contribution in [1.29, 1.82) is 0 Å². The highest BCUT2D eigenvalue weighted by molar-refractivity contribution is 5.44. The molecule has 0 aliphatic rings. The van der Waals surface area contributed by atoms with E-state index in [1.165, 1.54) is 0 Å². The Hall–Kier alpha value is -1.26. The maximum Gasteiger partial charge on any atom is 0.119 e. The molecular formula is C8H11NO3. The summed E-state index contributed by atoms with van der Waals surface area (Å²) in [6.45, 7) is 2.49. The molecule has 2 N–H and O–H groups in total. The number of nitrogens with zero attached hydrogens (tertiary/aromatic N) is 1. The summed E-state index contributed by atoms with van der Waals surface area (Å²) >= 11 is 0. The van der Waals surface area contributed by atoms with Crippen LogP contribution in [0.15, 0.2) is 24.3 Å². The largest absolute Gasteiger partial charge is 0.494 e. The minimum atomic E-state index is 0.0652. The molecule has 12 heavy (non-hydrogen) atoms. The third-order valence-electron chi connectivity index (χ3n) is 1.38. The van der Waals surface area contributed by atoms with Gasteiger partial charge in [0.15, 0.2) is 0 Å². The van der Waals surface area contributed by atoms with E-state index in [0.29, 0.717) is 18.0 Å². The van der Waals surface area contributed by atoms with Gasteiger partial charge in [-0.05, 0) is 31.2 Å². The average Bonchev–Trinajstić information content (AvgIpc) is 2.06. The highest BCUT2D eigenvalue weighted by Crippen LogP contribution is 2.16. The zero-order chi connectivity index (χ0) is 8.97. The van der Waals surface area contributed by atoms with Crippen molar-refractivity contribution in [3.8, 4) is 5.75 Å². The standard InChI is InChI=1S/C8H11NO3/c1-2-12-8-5-3-7(4-6-8)9(10)11/h3-6,10-11H,2H2,1H3. The molecule has 66 valence electrons. The van der Waals surface area contributed by atoms with E-state index in [1.54, 1.807) is 24.3 Å². The van der Waals surface area contributed by atoms with Gasteiger partial charge < -0.3 is 4.74 Å². The topological polar surface area (TPSA) is 52.9 Å². The first kappa shape index (κ1) is 8.83. The molecule has 0 aliphatic carbocycles. The van der Waals surface area contributed by atoms with E-state index in [-0.39, 0.29) is 5.23 Å². The van der Waals surface area contributed by atoms with E-state index in [2.05, 4.69) is 0 Å². The molecule has 0 fully saturated rings. The molecule has 0 bridgehead atoms. The van der Waals surface area contributed by atoms with Gasteiger partial charge in [0.05, 0.1) is 12.3 Å². The summed E-state index contributed by atoms with van der Waals surface area (Å²) in [6.07, 6.45) is 0. The first-order valence-electron chi connectivity index (χ1n) is 3.64. The predicted molar refractivity (Wildman–Crippen MR) is 43.7 cm³/mol. The zero-order valence-electron chi connectivity index (χ0n) is 6.77. The Morgan fingerprint density at radius 1 is 1.25 bits per heavy atom. The molecule has 0 unspecified atom stereocenters. The van der Waals surface area contributed by atoms with Crippen molar-refractivity contribution in [3.05, 3.63) is 24.3 Å². The minimum Gasteiger partial charge on any atom is -0.494 e. The van der Waals surface area contributed by atoms with Crippen LogP contribution in [0.5, 0.6) is 5.75 Å². The highest BCUT2D eigenvalue weighted by Gasteiger charge is 1.97. The minimum absolute atomic E-state index is 0.0652. The average molecular weight is 169 g/mol. The van der Waals surface area contributed by atoms with Gasteiger partial charge >= 0.3 is 0 Å². The van der Waals surface area contributed by atoms with Crippen molar-refractivity contribution in [2.24, 2.45) is 0 Å². The molecule has 1 aromatic rings. The van der Waals surface area contributed by atoms with E-state index in [1.807, 2.05) is 6.92 Å². The van der Waals surface area contributed by atoms with Crippen LogP contribution >= 0.6 is 0 Å². The van der Waals surface area contributed by atoms with Gasteiger partial charge in [-0.25, -0.2) is 0 Å². The maximum absolute atomic E-state index is 8.59. The van der Waals surface area contributed by atoms with Crippen LogP contribution < -0.4 is 9.96 Å². The van der Waals surface area contributed by atoms with Crippen molar-refractivity contribution in [3.63, 3.8) is 0 Å². The lowest BCUT2D eigenvalue weighted by Crippen LogP contribution is -2.10. The van der Waals surface area contributed by atoms with Crippen LogP contribution in [-0.2, 0) is 0 Å². The zero-order valence-corrected chi connectivity index (χ0v) is 6.77. The third kappa shape index (κ3) is 2.11. The molecule has 0 saturated carbocycles. The fourth-order valence-corrected chi connectivity index (χ4v) is 0.842. The molecule has 0 heterocycles. The lowest BCUT2D eigenvalue weighted by Gasteiger charge is -2.08. The first-order valence-corrected chi connectivity index (χ1v) is 3.64. The van der Waals surface area contributed by atoms with Crippen LogP contribution in [-0.4, -0.2) is 17.0 Å². The monoisotopic (exact) mass is 169 g/mol. The number of hydrogen-bond donors (Lipinski definition) is 2. The van der Waals surface area contributed by atoms with Crippen molar-refractivity contribution in [2.45, 2.75) is 6.92 Å². The van der Waals surface area contributed by atoms with Gasteiger partial charge in [0.1, 0.15) is 5.75 Å². The van der Waals surface area contributed by atoms with Gasteiger partial charge in [0.2, 0.25) is 0 Å². The highest BCUT2D eigenvalue weighted by atomic mass is 16.8. The van der Waals surface area contributed by atoms with Crippen molar-refractivity contribution < 1.29 is 15.2 Å². The lowest BCUT2D eigenvalue weighted by molar-refractivity contribution is 0.0291. The number of ether oxygens (including phenoxy) is 1. The SMILES string of the molecule is CCOc1ccc(N(O)O)cc1. The smallest absolute Gasteiger partial charge is 0.119 e. The van der Waals surface area contributed by atoms with Gasteiger partial charge in [-0.3, -0.25) is 10.4 Å². The number of rotatable bonds is 3. The first-order chi connectivity index (χ1) is 5.74. The number of hydrogen-bond acceptors (Lipinski definition) is 4. The van der Waals surface area contributed by atoms with E-state index < -0.39 is 0 Å². The normalized spacial score (nSPS) is 9.58. The summed E-state index contributed by atoms with van der Waals surface area (Å²) in [7, 11) is 0. The fraction of sp³-hybridized carbons (Fsp3) is 0.250. The molecular weight excluding hydrogens is 158 g/mol. The summed E-state index contributed by atoms with van der Waals surface area (Å²) < 4.78 is 5.16. The molecule has 4 heteroatoms. The molecule has 0 spiro atoms. The van der Waals surface area contributed by atoms with E-state index in [9.17, 15) is 0 Å². The quantitative estimate of drug-likeness (QED) is 0.676. The molecule has 0 aromatic heterocycles. The summed E-state index contributed by atoms with van der Waals surface area (Å²) in [5.41, 5.74) is 0.304. The Bertz CT molecular complexity index is 233. The molecule has 0 aliphatic heterocycles. The van der Waals surface area contributed by atoms with Gasteiger partial charge in [-0.1, -0.05) is 0 Å². The Morgan fingerprint density at radius 3 is 2.25 bits per heavy atom. The molecule has 0 atom stereocenters. The van der Waals surface area contributed by atoms with Crippen molar-refractivity contribution in [1.82, 2.24) is 0 Å². The molecule has 1 rings (SSSR count). The Morgan fingerprint density at radius 2 is 1.83 bits per heavy atom. The Balaban J connectivity index is 2.71. The second kappa shape index (κ2) is 3.94. The summed E-state index contributed by atoms with van der Waals surface area (Å²) in [6, 6.07) is 6.42. The Labute approximate surface area is 70.5 Å². The molecule has 0 saturated heterocycles. The van der Waals surface area contributed by atoms with Crippen LogP contribution in [0.25, 0.3) is 0 Å². The van der Waals surface area contributed by atoms with Crippen molar-refractivity contribution in [2.75, 3.05) is 11.8 Å². The second-order valence-corrected chi connectivity index (χ2v) is 2.22. The predicted octanol–water partition coefficient (Wildman–Crippen LogP) is 1.67. The van der Waals surface area contributed by atoms with Crippen LogP contribution in [0.4, 0.5) is 5.69 Å². The maximum atomic E-state index is 8.59. The molecule has 4 nitrogen and oxygen atoms in total. The van der Waals surface area contributed by atoms with Gasteiger partial charge in [-0.2, -0.15) is 0 Å². The van der Waals surface area contributed by atoms with Gasteiger partial charge in [-0.15, -0.1) is 5.23 Å². The lowest BCUT2D eigenvalue weighted by atomic mass is 10.3. The Kier molecular flexibility index (Phi) is 2.90. The van der Waals surface area contributed by atoms with Crippen LogP contribution in [0.3, 0.4) is 0 Å². The fourth-order valence-electron chi connectivity index (χ4n) is 0.842. The van der Waals surface area contributed by atoms with Gasteiger partial charge in [0, 0.05) is 0 Å². The van der Waals surface area contributed by atoms with Crippen molar-refractivity contribution >= 4 is 5.69 Å². The molecule has 1 aromatic carbocycles. The molecule has 0 radical (unpaired) electrons. The van der Waals surface area contributed by atoms with Crippen LogP contribution in [0.1, 0.15) is 6.92 Å². The van der Waals surface area contributed by atoms with Crippen LogP contribution in [0, 0.1) is 0 Å².